The number of hydrogen-bond donors (Lipinski definition) is 2. The predicted octanol–water partition coefficient (Wildman–Crippen LogP) is 1.39. The molecule has 3 heterocycles. The summed E-state index contributed by atoms with van der Waals surface area (Å²) in [6.45, 7) is 5.61. The van der Waals surface area contributed by atoms with Gasteiger partial charge in [-0.25, -0.2) is 0 Å². The zero-order valence-corrected chi connectivity index (χ0v) is 14.9. The lowest BCUT2D eigenvalue weighted by Gasteiger charge is -2.41. The second-order valence-corrected chi connectivity index (χ2v) is 7.70. The van der Waals surface area contributed by atoms with Crippen molar-refractivity contribution in [2.45, 2.75) is 50.8 Å². The summed E-state index contributed by atoms with van der Waals surface area (Å²) < 4.78 is 0. The highest BCUT2D eigenvalue weighted by Gasteiger charge is 2.29. The number of amides is 1. The minimum Gasteiger partial charge on any atom is -0.393 e. The maximum Gasteiger partial charge on any atom is 0.253 e. The molecule has 0 unspecified atom stereocenters. The number of piperidine rings is 2. The van der Waals surface area contributed by atoms with Gasteiger partial charge in [0.15, 0.2) is 0 Å². The largest absolute Gasteiger partial charge is 0.393 e. The maximum absolute atomic E-state index is 12.9. The van der Waals surface area contributed by atoms with Crippen LogP contribution in [0.2, 0.25) is 0 Å². The zero-order valence-electron chi connectivity index (χ0n) is 14.9. The van der Waals surface area contributed by atoms with E-state index < -0.39 is 0 Å². The van der Waals surface area contributed by atoms with Crippen molar-refractivity contribution in [3.05, 3.63) is 34.9 Å². The third-order valence-corrected chi connectivity index (χ3v) is 6.11. The molecule has 136 valence electrons. The molecular formula is C20H29N3O2. The van der Waals surface area contributed by atoms with Crippen molar-refractivity contribution in [2.75, 3.05) is 32.7 Å². The van der Waals surface area contributed by atoms with Gasteiger partial charge >= 0.3 is 0 Å². The summed E-state index contributed by atoms with van der Waals surface area (Å²) in [5.41, 5.74) is 3.50. The number of nitrogens with one attached hydrogen (secondary N) is 1. The molecule has 25 heavy (non-hydrogen) atoms. The van der Waals surface area contributed by atoms with E-state index in [4.69, 9.17) is 0 Å². The fraction of sp³-hybridized carbons (Fsp3) is 0.650. The molecule has 2 fully saturated rings. The molecule has 0 aromatic heterocycles. The molecule has 5 nitrogen and oxygen atoms in total. The van der Waals surface area contributed by atoms with Gasteiger partial charge in [0.25, 0.3) is 5.91 Å². The highest BCUT2D eigenvalue weighted by molar-refractivity contribution is 5.94. The van der Waals surface area contributed by atoms with Crippen molar-refractivity contribution >= 4 is 5.91 Å². The smallest absolute Gasteiger partial charge is 0.253 e. The van der Waals surface area contributed by atoms with Crippen LogP contribution in [0.1, 0.15) is 47.2 Å². The Morgan fingerprint density at radius 3 is 2.56 bits per heavy atom. The first-order chi connectivity index (χ1) is 12.2. The van der Waals surface area contributed by atoms with E-state index in [1.807, 2.05) is 11.0 Å². The number of nitrogens with zero attached hydrogens (tertiary/aromatic N) is 2. The number of hydrogen-bond acceptors (Lipinski definition) is 4. The first kappa shape index (κ1) is 17.0. The normalized spacial score (nSPS) is 23.5. The van der Waals surface area contributed by atoms with Crippen molar-refractivity contribution in [3.8, 4) is 0 Å². The average Bonchev–Trinajstić information content (AvgIpc) is 2.68. The first-order valence-corrected chi connectivity index (χ1v) is 9.74. The monoisotopic (exact) mass is 343 g/mol. The van der Waals surface area contributed by atoms with Gasteiger partial charge in [-0.15, -0.1) is 0 Å². The molecular weight excluding hydrogens is 314 g/mol. The molecule has 0 saturated carbocycles. The Kier molecular flexibility index (Phi) is 5.06. The number of carbonyl (C=O) groups excluding carboxylic acids is 1. The van der Waals surface area contributed by atoms with Gasteiger partial charge in [-0.3, -0.25) is 4.79 Å². The fourth-order valence-corrected chi connectivity index (χ4v) is 4.48. The van der Waals surface area contributed by atoms with Crippen molar-refractivity contribution in [1.29, 1.82) is 0 Å². The van der Waals surface area contributed by atoms with Crippen LogP contribution in [0.25, 0.3) is 0 Å². The Labute approximate surface area is 150 Å². The molecule has 2 saturated heterocycles. The Morgan fingerprint density at radius 2 is 1.80 bits per heavy atom. The van der Waals surface area contributed by atoms with E-state index in [2.05, 4.69) is 22.3 Å². The topological polar surface area (TPSA) is 55.8 Å². The standard InChI is InChI=1S/C20H29N3O2/c24-19-6-11-22(12-7-19)18-4-9-23(10-5-18)20(25)16-1-2-17-14-21-8-3-15(17)13-16/h1-2,13,18-19,21,24H,3-12,14H2. The number of rotatable bonds is 2. The van der Waals surface area contributed by atoms with Crippen LogP contribution < -0.4 is 5.32 Å². The quantitative estimate of drug-likeness (QED) is 0.852. The van der Waals surface area contributed by atoms with E-state index in [9.17, 15) is 9.90 Å². The number of likely N-dealkylation sites (tertiary alicyclic amines) is 2. The summed E-state index contributed by atoms with van der Waals surface area (Å²) in [7, 11) is 0. The highest BCUT2D eigenvalue weighted by Crippen LogP contribution is 2.23. The SMILES string of the molecule is O=C(c1ccc2c(c1)CCNC2)N1CCC(N2CCC(O)CC2)CC1. The first-order valence-electron chi connectivity index (χ1n) is 9.74. The van der Waals surface area contributed by atoms with Crippen LogP contribution in [0.5, 0.6) is 0 Å². The van der Waals surface area contributed by atoms with E-state index in [1.165, 1.54) is 11.1 Å². The summed E-state index contributed by atoms with van der Waals surface area (Å²) in [4.78, 5) is 17.4. The fourth-order valence-electron chi connectivity index (χ4n) is 4.48. The number of benzene rings is 1. The van der Waals surface area contributed by atoms with E-state index in [0.717, 1.165) is 76.9 Å². The Morgan fingerprint density at radius 1 is 1.04 bits per heavy atom. The second-order valence-electron chi connectivity index (χ2n) is 7.70. The average molecular weight is 343 g/mol. The number of carbonyl (C=O) groups is 1. The summed E-state index contributed by atoms with van der Waals surface area (Å²) >= 11 is 0. The van der Waals surface area contributed by atoms with Gasteiger partial charge in [0.1, 0.15) is 0 Å². The number of aliphatic hydroxyl groups is 1. The molecule has 2 N–H and O–H groups in total. The molecule has 0 radical (unpaired) electrons. The Bertz CT molecular complexity index is 617. The summed E-state index contributed by atoms with van der Waals surface area (Å²) in [5, 5.41) is 13.0. The Hall–Kier alpha value is -1.43. The van der Waals surface area contributed by atoms with E-state index in [0.29, 0.717) is 6.04 Å². The molecule has 0 spiro atoms. The van der Waals surface area contributed by atoms with Crippen molar-refractivity contribution in [1.82, 2.24) is 15.1 Å². The number of aliphatic hydroxyl groups excluding tert-OH is 1. The molecule has 1 aromatic rings. The van der Waals surface area contributed by atoms with Crippen molar-refractivity contribution in [3.63, 3.8) is 0 Å². The third kappa shape index (κ3) is 3.73. The number of fused-ring (bicyclic) bond motifs is 1. The molecule has 0 bridgehead atoms. The van der Waals surface area contributed by atoms with Gasteiger partial charge < -0.3 is 20.2 Å². The van der Waals surface area contributed by atoms with Crippen LogP contribution in [0.4, 0.5) is 0 Å². The highest BCUT2D eigenvalue weighted by atomic mass is 16.3. The van der Waals surface area contributed by atoms with Crippen LogP contribution in [0, 0.1) is 0 Å². The maximum atomic E-state index is 12.9. The molecule has 4 rings (SSSR count). The van der Waals surface area contributed by atoms with Crippen LogP contribution in [-0.2, 0) is 13.0 Å². The van der Waals surface area contributed by atoms with Crippen LogP contribution in [-0.4, -0.2) is 65.7 Å². The lowest BCUT2D eigenvalue weighted by atomic mass is 9.96. The van der Waals surface area contributed by atoms with E-state index >= 15 is 0 Å². The van der Waals surface area contributed by atoms with Gasteiger partial charge in [0, 0.05) is 44.3 Å². The van der Waals surface area contributed by atoms with E-state index in [1.54, 1.807) is 0 Å². The van der Waals surface area contributed by atoms with Crippen LogP contribution in [0.15, 0.2) is 18.2 Å². The van der Waals surface area contributed by atoms with Gasteiger partial charge in [0.2, 0.25) is 0 Å². The molecule has 3 aliphatic heterocycles. The lowest BCUT2D eigenvalue weighted by molar-refractivity contribution is 0.0357. The zero-order chi connectivity index (χ0) is 17.2. The lowest BCUT2D eigenvalue weighted by Crippen LogP contribution is -2.49. The molecule has 1 aromatic carbocycles. The van der Waals surface area contributed by atoms with Crippen molar-refractivity contribution < 1.29 is 9.90 Å². The predicted molar refractivity (Wildman–Crippen MR) is 97.6 cm³/mol. The van der Waals surface area contributed by atoms with Crippen LogP contribution in [0.3, 0.4) is 0 Å². The van der Waals surface area contributed by atoms with Gasteiger partial charge in [-0.1, -0.05) is 6.07 Å². The van der Waals surface area contributed by atoms with E-state index in [-0.39, 0.29) is 12.0 Å². The molecule has 0 aliphatic carbocycles. The minimum atomic E-state index is -0.114. The summed E-state index contributed by atoms with van der Waals surface area (Å²) in [5.74, 6) is 0.189. The Balaban J connectivity index is 1.35. The molecule has 0 atom stereocenters. The minimum absolute atomic E-state index is 0.114. The van der Waals surface area contributed by atoms with Gasteiger partial charge in [0.05, 0.1) is 6.10 Å². The van der Waals surface area contributed by atoms with Gasteiger partial charge in [-0.05, 0) is 61.9 Å². The molecule has 1 amide bonds. The van der Waals surface area contributed by atoms with Crippen LogP contribution >= 0.6 is 0 Å². The summed E-state index contributed by atoms with van der Waals surface area (Å²) in [6, 6.07) is 6.79. The third-order valence-electron chi connectivity index (χ3n) is 6.11. The summed E-state index contributed by atoms with van der Waals surface area (Å²) in [6.07, 6.45) is 4.79. The molecule has 3 aliphatic rings. The second kappa shape index (κ2) is 7.44. The van der Waals surface area contributed by atoms with Crippen molar-refractivity contribution in [2.24, 2.45) is 0 Å². The molecule has 5 heteroatoms. The van der Waals surface area contributed by atoms with Gasteiger partial charge in [-0.2, -0.15) is 0 Å².